The molecule has 0 spiro atoms. The Morgan fingerprint density at radius 1 is 0.862 bits per heavy atom. The van der Waals surface area contributed by atoms with Crippen molar-refractivity contribution < 1.29 is 39.0 Å². The van der Waals surface area contributed by atoms with Crippen LogP contribution in [0.1, 0.15) is 26.2 Å². The molecule has 0 aromatic rings. The fourth-order valence-electron chi connectivity index (χ4n) is 1.99. The average molecular weight is 418 g/mol. The molecule has 0 heterocycles. The van der Waals surface area contributed by atoms with Gasteiger partial charge in [0, 0.05) is 6.42 Å². The molecule has 0 aromatic heterocycles. The highest BCUT2D eigenvalue weighted by molar-refractivity contribution is 5.95. The number of aliphatic hydroxyl groups is 1. The number of carbonyl (C=O) groups excluding carboxylic acids is 5. The SMILES string of the molecule is CC(NC(=O)C(CCC(N)=O)NC(=O)C(CO)NC(=O)C(N)CC(N)=O)C(=O)O. The maximum atomic E-state index is 12.3. The Bertz CT molecular complexity index is 655. The van der Waals surface area contributed by atoms with Crippen molar-refractivity contribution in [2.45, 2.75) is 50.4 Å². The van der Waals surface area contributed by atoms with Gasteiger partial charge in [-0.25, -0.2) is 0 Å². The summed E-state index contributed by atoms with van der Waals surface area (Å²) >= 11 is 0. The molecule has 0 rings (SSSR count). The lowest BCUT2D eigenvalue weighted by molar-refractivity contribution is -0.142. The normalized spacial score (nSPS) is 14.6. The summed E-state index contributed by atoms with van der Waals surface area (Å²) in [5.41, 5.74) is 15.4. The third kappa shape index (κ3) is 10.0. The minimum atomic E-state index is -1.54. The molecule has 14 heteroatoms. The van der Waals surface area contributed by atoms with Crippen LogP contribution in [0.15, 0.2) is 0 Å². The molecule has 0 radical (unpaired) electrons. The monoisotopic (exact) mass is 418 g/mol. The minimum absolute atomic E-state index is 0.257. The van der Waals surface area contributed by atoms with Gasteiger partial charge >= 0.3 is 5.97 Å². The highest BCUT2D eigenvalue weighted by Crippen LogP contribution is 2.01. The highest BCUT2D eigenvalue weighted by atomic mass is 16.4. The van der Waals surface area contributed by atoms with Crippen LogP contribution in [0.4, 0.5) is 0 Å². The number of carboxylic acids is 1. The third-order valence-electron chi connectivity index (χ3n) is 3.62. The second kappa shape index (κ2) is 12.2. The van der Waals surface area contributed by atoms with E-state index < -0.39 is 72.7 Å². The molecule has 0 saturated heterocycles. The summed E-state index contributed by atoms with van der Waals surface area (Å²) in [5, 5.41) is 24.6. The summed E-state index contributed by atoms with van der Waals surface area (Å²) in [7, 11) is 0. The molecule has 0 bridgehead atoms. The van der Waals surface area contributed by atoms with Gasteiger partial charge in [0.2, 0.25) is 29.5 Å². The first-order chi connectivity index (χ1) is 13.4. The number of nitrogens with one attached hydrogen (secondary N) is 3. The fourth-order valence-corrected chi connectivity index (χ4v) is 1.99. The van der Waals surface area contributed by atoms with Gasteiger partial charge in [-0.05, 0) is 13.3 Å². The Morgan fingerprint density at radius 3 is 1.83 bits per heavy atom. The highest BCUT2D eigenvalue weighted by Gasteiger charge is 2.29. The summed E-state index contributed by atoms with van der Waals surface area (Å²) in [6, 6.07) is -5.56. The van der Waals surface area contributed by atoms with E-state index >= 15 is 0 Å². The Labute approximate surface area is 165 Å². The third-order valence-corrected chi connectivity index (χ3v) is 3.62. The van der Waals surface area contributed by atoms with Gasteiger partial charge in [0.25, 0.3) is 0 Å². The average Bonchev–Trinajstić information content (AvgIpc) is 2.61. The molecular weight excluding hydrogens is 392 g/mol. The molecule has 11 N–H and O–H groups in total. The Kier molecular flexibility index (Phi) is 10.9. The van der Waals surface area contributed by atoms with Crippen molar-refractivity contribution in [2.24, 2.45) is 17.2 Å². The largest absolute Gasteiger partial charge is 0.480 e. The predicted molar refractivity (Wildman–Crippen MR) is 96.4 cm³/mol. The van der Waals surface area contributed by atoms with Crippen LogP contribution < -0.4 is 33.2 Å². The smallest absolute Gasteiger partial charge is 0.325 e. The van der Waals surface area contributed by atoms with Crippen molar-refractivity contribution in [1.29, 1.82) is 0 Å². The summed E-state index contributed by atoms with van der Waals surface area (Å²) in [6.45, 7) is 0.306. The molecule has 0 aliphatic rings. The zero-order chi connectivity index (χ0) is 22.7. The number of nitrogens with two attached hydrogens (primary N) is 3. The van der Waals surface area contributed by atoms with Crippen LogP contribution >= 0.6 is 0 Å². The van der Waals surface area contributed by atoms with Crippen molar-refractivity contribution >= 4 is 35.5 Å². The van der Waals surface area contributed by atoms with Gasteiger partial charge in [0.1, 0.15) is 18.1 Å². The maximum absolute atomic E-state index is 12.3. The molecular formula is C15H26N6O8. The molecule has 5 amide bonds. The zero-order valence-electron chi connectivity index (χ0n) is 15.7. The van der Waals surface area contributed by atoms with E-state index in [-0.39, 0.29) is 12.8 Å². The maximum Gasteiger partial charge on any atom is 0.325 e. The number of carbonyl (C=O) groups is 6. The second-order valence-electron chi connectivity index (χ2n) is 6.16. The molecule has 0 aromatic carbocycles. The van der Waals surface area contributed by atoms with Gasteiger partial charge in [-0.15, -0.1) is 0 Å². The zero-order valence-corrected chi connectivity index (χ0v) is 15.7. The summed E-state index contributed by atoms with van der Waals surface area (Å²) in [4.78, 5) is 69.0. The van der Waals surface area contributed by atoms with E-state index in [0.29, 0.717) is 0 Å². The Balaban J connectivity index is 5.15. The van der Waals surface area contributed by atoms with Crippen molar-refractivity contribution in [2.75, 3.05) is 6.61 Å². The van der Waals surface area contributed by atoms with Crippen LogP contribution in [-0.2, 0) is 28.8 Å². The fraction of sp³-hybridized carbons (Fsp3) is 0.600. The molecule has 0 aliphatic carbocycles. The van der Waals surface area contributed by atoms with Crippen molar-refractivity contribution in [3.05, 3.63) is 0 Å². The second-order valence-corrected chi connectivity index (χ2v) is 6.16. The van der Waals surface area contributed by atoms with Crippen LogP contribution in [0.5, 0.6) is 0 Å². The van der Waals surface area contributed by atoms with Crippen LogP contribution in [0.3, 0.4) is 0 Å². The van der Waals surface area contributed by atoms with Gasteiger partial charge < -0.3 is 43.4 Å². The molecule has 0 fully saturated rings. The first-order valence-corrected chi connectivity index (χ1v) is 8.46. The molecule has 4 atom stereocenters. The number of hydrogen-bond acceptors (Lipinski definition) is 8. The first-order valence-electron chi connectivity index (χ1n) is 8.46. The molecule has 0 aliphatic heterocycles. The summed E-state index contributed by atoms with van der Waals surface area (Å²) in [5.74, 6) is -5.83. The number of carboxylic acid groups (broad SMARTS) is 1. The Hall–Kier alpha value is -3.26. The van der Waals surface area contributed by atoms with E-state index in [1.807, 2.05) is 0 Å². The van der Waals surface area contributed by atoms with Crippen LogP contribution in [0, 0.1) is 0 Å². The van der Waals surface area contributed by atoms with Gasteiger partial charge in [0.15, 0.2) is 0 Å². The lowest BCUT2D eigenvalue weighted by Crippen LogP contribution is -2.58. The van der Waals surface area contributed by atoms with Crippen molar-refractivity contribution in [3.63, 3.8) is 0 Å². The first kappa shape index (κ1) is 25.7. The number of amides is 5. The summed E-state index contributed by atoms with van der Waals surface area (Å²) in [6.07, 6.45) is -1.06. The van der Waals surface area contributed by atoms with E-state index in [2.05, 4.69) is 16.0 Å². The van der Waals surface area contributed by atoms with E-state index in [9.17, 15) is 33.9 Å². The number of aliphatic hydroxyl groups excluding tert-OH is 1. The van der Waals surface area contributed by atoms with E-state index in [0.717, 1.165) is 0 Å². The standard InChI is InChI=1S/C15H26N6O8/c1-6(15(28)29)19-13(26)8(2-3-10(17)23)20-14(27)9(5-22)21-12(25)7(16)4-11(18)24/h6-9,22H,2-5,16H2,1H3,(H2,17,23)(H2,18,24)(H,19,26)(H,20,27)(H,21,25)(H,28,29). The topological polar surface area (TPSA) is 257 Å². The van der Waals surface area contributed by atoms with E-state index in [1.165, 1.54) is 6.92 Å². The molecule has 0 saturated carbocycles. The van der Waals surface area contributed by atoms with Crippen molar-refractivity contribution in [3.8, 4) is 0 Å². The molecule has 164 valence electrons. The lowest BCUT2D eigenvalue weighted by atomic mass is 10.1. The van der Waals surface area contributed by atoms with Gasteiger partial charge in [0.05, 0.1) is 19.1 Å². The number of rotatable bonds is 13. The van der Waals surface area contributed by atoms with Crippen LogP contribution in [-0.4, -0.2) is 76.5 Å². The number of hydrogen-bond donors (Lipinski definition) is 8. The van der Waals surface area contributed by atoms with Crippen LogP contribution in [0.2, 0.25) is 0 Å². The van der Waals surface area contributed by atoms with Gasteiger partial charge in [-0.3, -0.25) is 28.8 Å². The molecule has 29 heavy (non-hydrogen) atoms. The molecule has 4 unspecified atom stereocenters. The van der Waals surface area contributed by atoms with E-state index in [4.69, 9.17) is 22.3 Å². The quantitative estimate of drug-likeness (QED) is 0.142. The van der Waals surface area contributed by atoms with Gasteiger partial charge in [-0.2, -0.15) is 0 Å². The minimum Gasteiger partial charge on any atom is -0.480 e. The summed E-state index contributed by atoms with van der Waals surface area (Å²) < 4.78 is 0. The van der Waals surface area contributed by atoms with Crippen LogP contribution in [0.25, 0.3) is 0 Å². The van der Waals surface area contributed by atoms with E-state index in [1.54, 1.807) is 0 Å². The predicted octanol–water partition coefficient (Wildman–Crippen LogP) is -4.99. The number of primary amides is 2. The lowest BCUT2D eigenvalue weighted by Gasteiger charge is -2.23. The Morgan fingerprint density at radius 2 is 1.38 bits per heavy atom. The van der Waals surface area contributed by atoms with Crippen molar-refractivity contribution in [1.82, 2.24) is 16.0 Å². The number of aliphatic carboxylic acids is 1. The van der Waals surface area contributed by atoms with Gasteiger partial charge in [-0.1, -0.05) is 0 Å². The molecule has 14 nitrogen and oxygen atoms in total.